The average molecular weight is 265 g/mol. The van der Waals surface area contributed by atoms with Crippen molar-refractivity contribution in [1.82, 2.24) is 8.61 Å². The van der Waals surface area contributed by atoms with Gasteiger partial charge >= 0.3 is 0 Å². The highest BCUT2D eigenvalue weighted by atomic mass is 32.2. The maximum absolute atomic E-state index is 12.1. The molecule has 0 unspecified atom stereocenters. The number of methoxy groups -OCH3 is 1. The largest absolute Gasteiger partial charge is 0.383 e. The first-order valence-corrected chi connectivity index (χ1v) is 6.91. The van der Waals surface area contributed by atoms with Crippen molar-refractivity contribution >= 4 is 10.2 Å². The predicted molar refractivity (Wildman–Crippen MR) is 68.9 cm³/mol. The molecule has 0 aliphatic heterocycles. The summed E-state index contributed by atoms with van der Waals surface area (Å²) < 4.78 is 31.8. The Morgan fingerprint density at radius 1 is 1.41 bits per heavy atom. The molecule has 0 aromatic carbocycles. The molecule has 17 heavy (non-hydrogen) atoms. The van der Waals surface area contributed by atoms with Crippen molar-refractivity contribution in [3.05, 3.63) is 12.7 Å². The summed E-state index contributed by atoms with van der Waals surface area (Å²) in [5, 5.41) is 0. The molecular weight excluding hydrogens is 242 g/mol. The summed E-state index contributed by atoms with van der Waals surface area (Å²) in [7, 11) is -0.360. The normalized spacial score (nSPS) is 12.3. The molecule has 0 bridgehead atoms. The summed E-state index contributed by atoms with van der Waals surface area (Å²) in [6.45, 7) is 5.40. The van der Waals surface area contributed by atoms with E-state index in [-0.39, 0.29) is 6.54 Å². The van der Waals surface area contributed by atoms with Crippen LogP contribution in [-0.4, -0.2) is 64.0 Å². The zero-order valence-electron chi connectivity index (χ0n) is 10.6. The monoisotopic (exact) mass is 265 g/mol. The highest BCUT2D eigenvalue weighted by Gasteiger charge is 2.25. The van der Waals surface area contributed by atoms with Crippen LogP contribution in [0.1, 0.15) is 6.42 Å². The van der Waals surface area contributed by atoms with Gasteiger partial charge in [0.1, 0.15) is 0 Å². The van der Waals surface area contributed by atoms with Crippen LogP contribution in [0, 0.1) is 0 Å². The third-order valence-corrected chi connectivity index (χ3v) is 4.23. The third-order valence-electron chi connectivity index (χ3n) is 2.27. The molecule has 0 aliphatic carbocycles. The van der Waals surface area contributed by atoms with Gasteiger partial charge in [-0.05, 0) is 13.0 Å². The summed E-state index contributed by atoms with van der Waals surface area (Å²) in [5.41, 5.74) is 5.36. The Morgan fingerprint density at radius 2 is 2.06 bits per heavy atom. The highest BCUT2D eigenvalue weighted by Crippen LogP contribution is 2.06. The average Bonchev–Trinajstić information content (AvgIpc) is 2.31. The van der Waals surface area contributed by atoms with Gasteiger partial charge in [0.15, 0.2) is 0 Å². The van der Waals surface area contributed by atoms with Crippen LogP contribution >= 0.6 is 0 Å². The minimum atomic E-state index is -3.45. The molecular formula is C10H23N3O3S. The second kappa shape index (κ2) is 8.60. The van der Waals surface area contributed by atoms with Crippen LogP contribution in [0.15, 0.2) is 12.7 Å². The molecule has 0 aliphatic rings. The van der Waals surface area contributed by atoms with E-state index < -0.39 is 10.2 Å². The SMILES string of the molecule is C=CCN(CCOC)S(=O)(=O)N(C)CCCN. The number of nitrogens with zero attached hydrogens (tertiary/aromatic N) is 2. The lowest BCUT2D eigenvalue weighted by atomic mass is 10.4. The van der Waals surface area contributed by atoms with Crippen LogP contribution in [0.3, 0.4) is 0 Å². The molecule has 0 spiro atoms. The van der Waals surface area contributed by atoms with Gasteiger partial charge in [-0.3, -0.25) is 0 Å². The molecule has 0 aromatic rings. The van der Waals surface area contributed by atoms with Gasteiger partial charge < -0.3 is 10.5 Å². The summed E-state index contributed by atoms with van der Waals surface area (Å²) in [5.74, 6) is 0. The molecule has 0 rings (SSSR count). The van der Waals surface area contributed by atoms with Crippen molar-refractivity contribution in [1.29, 1.82) is 0 Å². The van der Waals surface area contributed by atoms with Crippen LogP contribution in [-0.2, 0) is 14.9 Å². The number of rotatable bonds is 10. The molecule has 7 heteroatoms. The Hall–Kier alpha value is -0.470. The van der Waals surface area contributed by atoms with Crippen LogP contribution in [0.2, 0.25) is 0 Å². The van der Waals surface area contributed by atoms with Gasteiger partial charge in [0.2, 0.25) is 0 Å². The second-order valence-electron chi connectivity index (χ2n) is 3.61. The summed E-state index contributed by atoms with van der Waals surface area (Å²) >= 11 is 0. The Bertz CT molecular complexity index is 306. The molecule has 0 fully saturated rings. The first-order chi connectivity index (χ1) is 8.00. The number of nitrogens with two attached hydrogens (primary N) is 1. The highest BCUT2D eigenvalue weighted by molar-refractivity contribution is 7.86. The standard InChI is InChI=1S/C10H23N3O3S/c1-4-7-13(9-10-16-3)17(14,15)12(2)8-5-6-11/h4H,1,5-11H2,2-3H3. The summed E-state index contributed by atoms with van der Waals surface area (Å²) in [6.07, 6.45) is 2.20. The molecule has 0 radical (unpaired) electrons. The molecule has 0 saturated heterocycles. The molecule has 102 valence electrons. The van der Waals surface area contributed by atoms with E-state index in [1.54, 1.807) is 13.1 Å². The molecule has 0 heterocycles. The van der Waals surface area contributed by atoms with Crippen molar-refractivity contribution in [3.8, 4) is 0 Å². The van der Waals surface area contributed by atoms with Gasteiger partial charge in [-0.2, -0.15) is 17.0 Å². The lowest BCUT2D eigenvalue weighted by Crippen LogP contribution is -2.44. The number of hydrogen-bond donors (Lipinski definition) is 1. The summed E-state index contributed by atoms with van der Waals surface area (Å²) in [6, 6.07) is 0. The second-order valence-corrected chi connectivity index (χ2v) is 5.65. The van der Waals surface area contributed by atoms with Gasteiger partial charge in [0.25, 0.3) is 10.2 Å². The predicted octanol–water partition coefficient (Wildman–Crippen LogP) is -0.354. The van der Waals surface area contributed by atoms with E-state index in [1.807, 2.05) is 0 Å². The van der Waals surface area contributed by atoms with Gasteiger partial charge in [-0.1, -0.05) is 6.08 Å². The van der Waals surface area contributed by atoms with Crippen molar-refractivity contribution < 1.29 is 13.2 Å². The number of ether oxygens (including phenoxy) is 1. The molecule has 0 amide bonds. The van der Waals surface area contributed by atoms with Gasteiger partial charge in [-0.25, -0.2) is 0 Å². The Labute approximate surface area is 104 Å². The van der Waals surface area contributed by atoms with Crippen molar-refractivity contribution in [3.63, 3.8) is 0 Å². The first-order valence-electron chi connectivity index (χ1n) is 5.52. The van der Waals surface area contributed by atoms with Crippen LogP contribution < -0.4 is 5.73 Å². The van der Waals surface area contributed by atoms with Crippen LogP contribution in [0.4, 0.5) is 0 Å². The van der Waals surface area contributed by atoms with E-state index in [2.05, 4.69) is 6.58 Å². The lowest BCUT2D eigenvalue weighted by molar-refractivity contribution is 0.179. The fraction of sp³-hybridized carbons (Fsp3) is 0.800. The maximum Gasteiger partial charge on any atom is 0.282 e. The minimum absolute atomic E-state index is 0.276. The molecule has 2 N–H and O–H groups in total. The quantitative estimate of drug-likeness (QED) is 0.548. The van der Waals surface area contributed by atoms with E-state index in [4.69, 9.17) is 10.5 Å². The van der Waals surface area contributed by atoms with Crippen LogP contribution in [0.5, 0.6) is 0 Å². The first kappa shape index (κ1) is 16.5. The van der Waals surface area contributed by atoms with E-state index >= 15 is 0 Å². The van der Waals surface area contributed by atoms with Gasteiger partial charge in [0, 0.05) is 33.8 Å². The van der Waals surface area contributed by atoms with Crippen molar-refractivity contribution in [2.45, 2.75) is 6.42 Å². The molecule has 0 atom stereocenters. The minimum Gasteiger partial charge on any atom is -0.383 e. The maximum atomic E-state index is 12.1. The topological polar surface area (TPSA) is 75.9 Å². The zero-order valence-corrected chi connectivity index (χ0v) is 11.4. The van der Waals surface area contributed by atoms with Crippen molar-refractivity contribution in [2.24, 2.45) is 5.73 Å². The fourth-order valence-corrected chi connectivity index (χ4v) is 2.62. The van der Waals surface area contributed by atoms with Crippen LogP contribution in [0.25, 0.3) is 0 Å². The van der Waals surface area contributed by atoms with Gasteiger partial charge in [0.05, 0.1) is 6.61 Å². The fourth-order valence-electron chi connectivity index (χ4n) is 1.26. The summed E-state index contributed by atoms with van der Waals surface area (Å²) in [4.78, 5) is 0. The van der Waals surface area contributed by atoms with E-state index in [1.165, 1.54) is 15.7 Å². The third kappa shape index (κ3) is 5.60. The Balaban J connectivity index is 4.62. The Kier molecular flexibility index (Phi) is 8.36. The lowest BCUT2D eigenvalue weighted by Gasteiger charge is -2.26. The van der Waals surface area contributed by atoms with Gasteiger partial charge in [-0.15, -0.1) is 6.58 Å². The van der Waals surface area contributed by atoms with E-state index in [9.17, 15) is 8.42 Å². The van der Waals surface area contributed by atoms with E-state index in [0.29, 0.717) is 32.7 Å². The Morgan fingerprint density at radius 3 is 2.53 bits per heavy atom. The molecule has 0 saturated carbocycles. The molecule has 0 aromatic heterocycles. The smallest absolute Gasteiger partial charge is 0.282 e. The number of hydrogen-bond acceptors (Lipinski definition) is 4. The van der Waals surface area contributed by atoms with E-state index in [0.717, 1.165) is 0 Å². The van der Waals surface area contributed by atoms with Crippen molar-refractivity contribution in [2.75, 3.05) is 46.9 Å². The zero-order chi connectivity index (χ0) is 13.3. The molecule has 6 nitrogen and oxygen atoms in total.